The molecule has 7 heteroatoms. The fourth-order valence-electron chi connectivity index (χ4n) is 2.39. The van der Waals surface area contributed by atoms with Crippen molar-refractivity contribution in [2.45, 2.75) is 32.6 Å². The van der Waals surface area contributed by atoms with Crippen molar-refractivity contribution in [1.29, 1.82) is 0 Å². The molecule has 122 valence electrons. The zero-order valence-electron chi connectivity index (χ0n) is 12.6. The number of unbranched alkanes of at least 4 members (excludes halogenated alkanes) is 1. The molecule has 0 bridgehead atoms. The van der Waals surface area contributed by atoms with Gasteiger partial charge in [0.15, 0.2) is 0 Å². The van der Waals surface area contributed by atoms with Crippen molar-refractivity contribution in [2.24, 2.45) is 0 Å². The molecule has 0 saturated carbocycles. The highest BCUT2D eigenvalue weighted by Gasteiger charge is 2.28. The molecule has 1 heterocycles. The van der Waals surface area contributed by atoms with Crippen molar-refractivity contribution in [3.63, 3.8) is 0 Å². The molecule has 22 heavy (non-hydrogen) atoms. The van der Waals surface area contributed by atoms with Gasteiger partial charge in [-0.15, -0.1) is 0 Å². The van der Waals surface area contributed by atoms with Crippen molar-refractivity contribution in [3.05, 3.63) is 28.8 Å². The molecule has 0 atom stereocenters. The highest BCUT2D eigenvalue weighted by molar-refractivity contribution is 7.92. The maximum Gasteiger partial charge on any atom is 0.251 e. The lowest BCUT2D eigenvalue weighted by atomic mass is 10.1. The van der Waals surface area contributed by atoms with E-state index in [0.717, 1.165) is 19.3 Å². The van der Waals surface area contributed by atoms with Gasteiger partial charge in [-0.3, -0.25) is 9.10 Å². The van der Waals surface area contributed by atoms with E-state index in [1.807, 2.05) is 6.92 Å². The molecule has 1 amide bonds. The van der Waals surface area contributed by atoms with Gasteiger partial charge in [-0.05, 0) is 37.5 Å². The molecule has 2 rings (SSSR count). The molecule has 1 aromatic carbocycles. The summed E-state index contributed by atoms with van der Waals surface area (Å²) >= 11 is 6.15. The Morgan fingerprint density at radius 1 is 1.36 bits per heavy atom. The molecule has 1 aliphatic rings. The van der Waals surface area contributed by atoms with Gasteiger partial charge >= 0.3 is 0 Å². The number of sulfonamides is 1. The third kappa shape index (κ3) is 3.93. The molecule has 0 spiro atoms. The van der Waals surface area contributed by atoms with Gasteiger partial charge in [0.05, 0.1) is 16.5 Å². The molecule has 0 aromatic heterocycles. The summed E-state index contributed by atoms with van der Waals surface area (Å²) in [6.45, 7) is 3.06. The Hall–Kier alpha value is -1.27. The lowest BCUT2D eigenvalue weighted by molar-refractivity contribution is 0.0953. The van der Waals surface area contributed by atoms with E-state index in [9.17, 15) is 13.2 Å². The average molecular weight is 345 g/mol. The number of nitrogens with zero attached hydrogens (tertiary/aromatic N) is 1. The molecule has 0 unspecified atom stereocenters. The smallest absolute Gasteiger partial charge is 0.251 e. The number of rotatable bonds is 5. The third-order valence-corrected chi connectivity index (χ3v) is 5.82. The Morgan fingerprint density at radius 2 is 2.14 bits per heavy atom. The number of nitrogens with one attached hydrogen (secondary N) is 1. The van der Waals surface area contributed by atoms with Crippen molar-refractivity contribution in [1.82, 2.24) is 5.32 Å². The number of halogens is 1. The summed E-state index contributed by atoms with van der Waals surface area (Å²) in [4.78, 5) is 12.1. The largest absolute Gasteiger partial charge is 0.352 e. The number of hydrogen-bond donors (Lipinski definition) is 1. The summed E-state index contributed by atoms with van der Waals surface area (Å²) in [5.41, 5.74) is 0.820. The second kappa shape index (κ2) is 7.33. The number of anilines is 1. The van der Waals surface area contributed by atoms with Crippen molar-refractivity contribution in [2.75, 3.05) is 23.1 Å². The summed E-state index contributed by atoms with van der Waals surface area (Å²) in [5.74, 6) is -0.0863. The van der Waals surface area contributed by atoms with E-state index in [1.54, 1.807) is 18.2 Å². The van der Waals surface area contributed by atoms with E-state index in [1.165, 1.54) is 4.31 Å². The number of carbonyl (C=O) groups excluding carboxylic acids is 1. The lowest BCUT2D eigenvalue weighted by Crippen LogP contribution is -2.38. The normalized spacial score (nSPS) is 17.3. The monoisotopic (exact) mass is 344 g/mol. The fraction of sp³-hybridized carbons (Fsp3) is 0.533. The standard InChI is InChI=1S/C15H21ClN2O3S/c1-2-3-8-17-15(19)12-6-7-13(16)14(11-12)18-9-4-5-10-22(18,20)21/h6-7,11H,2-5,8-10H2,1H3,(H,17,19). The first kappa shape index (κ1) is 17.1. The van der Waals surface area contributed by atoms with Gasteiger partial charge in [-0.2, -0.15) is 0 Å². The van der Waals surface area contributed by atoms with Crippen LogP contribution in [0.4, 0.5) is 5.69 Å². The SMILES string of the molecule is CCCCNC(=O)c1ccc(Cl)c(N2CCCCS2(=O)=O)c1. The molecule has 1 N–H and O–H groups in total. The quantitative estimate of drug-likeness (QED) is 0.835. The first-order chi connectivity index (χ1) is 10.5. The Balaban J connectivity index is 2.25. The van der Waals surface area contributed by atoms with Crippen LogP contribution in [-0.2, 0) is 10.0 Å². The number of amides is 1. The zero-order chi connectivity index (χ0) is 16.2. The Kier molecular flexibility index (Phi) is 5.69. The Labute approximate surface area is 136 Å². The van der Waals surface area contributed by atoms with Gasteiger partial charge in [0.1, 0.15) is 0 Å². The summed E-state index contributed by atoms with van der Waals surface area (Å²) < 4.78 is 25.7. The summed E-state index contributed by atoms with van der Waals surface area (Å²) in [7, 11) is -3.35. The number of benzene rings is 1. The van der Waals surface area contributed by atoms with Crippen LogP contribution in [0.2, 0.25) is 5.02 Å². The van der Waals surface area contributed by atoms with Crippen LogP contribution in [0.1, 0.15) is 43.0 Å². The van der Waals surface area contributed by atoms with Crippen molar-refractivity contribution in [3.8, 4) is 0 Å². The minimum Gasteiger partial charge on any atom is -0.352 e. The zero-order valence-corrected chi connectivity index (χ0v) is 14.2. The Bertz CT molecular complexity index is 646. The molecule has 1 fully saturated rings. The van der Waals surface area contributed by atoms with Crippen LogP contribution in [0, 0.1) is 0 Å². The topological polar surface area (TPSA) is 66.5 Å². The van der Waals surface area contributed by atoms with Gasteiger partial charge in [0.25, 0.3) is 5.91 Å². The van der Waals surface area contributed by atoms with E-state index in [4.69, 9.17) is 11.6 Å². The number of carbonyl (C=O) groups is 1. The number of hydrogen-bond acceptors (Lipinski definition) is 3. The highest BCUT2D eigenvalue weighted by atomic mass is 35.5. The molecular formula is C15H21ClN2O3S. The van der Waals surface area contributed by atoms with E-state index < -0.39 is 10.0 Å². The van der Waals surface area contributed by atoms with Crippen LogP contribution in [-0.4, -0.2) is 33.2 Å². The molecule has 0 aliphatic carbocycles. The van der Waals surface area contributed by atoms with Crippen molar-refractivity contribution < 1.29 is 13.2 Å². The molecule has 5 nitrogen and oxygen atoms in total. The first-order valence-corrected chi connectivity index (χ1v) is 9.52. The average Bonchev–Trinajstić information content (AvgIpc) is 2.48. The first-order valence-electron chi connectivity index (χ1n) is 7.54. The summed E-state index contributed by atoms with van der Waals surface area (Å²) in [5, 5.41) is 3.16. The van der Waals surface area contributed by atoms with E-state index in [2.05, 4.69) is 5.32 Å². The predicted octanol–water partition coefficient (Wildman–Crippen LogP) is 2.80. The molecule has 1 aromatic rings. The molecule has 1 saturated heterocycles. The van der Waals surface area contributed by atoms with Gasteiger partial charge in [0.2, 0.25) is 10.0 Å². The maximum atomic E-state index is 12.2. The van der Waals surface area contributed by atoms with E-state index in [0.29, 0.717) is 35.8 Å². The third-order valence-electron chi connectivity index (χ3n) is 3.64. The van der Waals surface area contributed by atoms with E-state index >= 15 is 0 Å². The van der Waals surface area contributed by atoms with Crippen LogP contribution in [0.25, 0.3) is 0 Å². The second-order valence-electron chi connectivity index (χ2n) is 5.37. The molecular weight excluding hydrogens is 324 g/mol. The van der Waals surface area contributed by atoms with Crippen LogP contribution in [0.3, 0.4) is 0 Å². The van der Waals surface area contributed by atoms with Gasteiger partial charge < -0.3 is 5.32 Å². The Morgan fingerprint density at radius 3 is 2.82 bits per heavy atom. The van der Waals surface area contributed by atoms with Crippen LogP contribution >= 0.6 is 11.6 Å². The van der Waals surface area contributed by atoms with Crippen LogP contribution in [0.15, 0.2) is 18.2 Å². The van der Waals surface area contributed by atoms with Gasteiger partial charge in [0, 0.05) is 18.7 Å². The second-order valence-corrected chi connectivity index (χ2v) is 7.79. The van der Waals surface area contributed by atoms with Gasteiger partial charge in [-0.25, -0.2) is 8.42 Å². The predicted molar refractivity (Wildman–Crippen MR) is 89.1 cm³/mol. The minimum absolute atomic E-state index is 0.121. The fourth-order valence-corrected chi connectivity index (χ4v) is 4.30. The van der Waals surface area contributed by atoms with Gasteiger partial charge in [-0.1, -0.05) is 24.9 Å². The highest BCUT2D eigenvalue weighted by Crippen LogP contribution is 2.31. The van der Waals surface area contributed by atoms with E-state index in [-0.39, 0.29) is 11.7 Å². The lowest BCUT2D eigenvalue weighted by Gasteiger charge is -2.29. The summed E-state index contributed by atoms with van der Waals surface area (Å²) in [6, 6.07) is 4.76. The van der Waals surface area contributed by atoms with Crippen LogP contribution < -0.4 is 9.62 Å². The minimum atomic E-state index is -3.35. The molecule has 0 radical (unpaired) electrons. The maximum absolute atomic E-state index is 12.2. The summed E-state index contributed by atoms with van der Waals surface area (Å²) in [6.07, 6.45) is 3.36. The molecule has 1 aliphatic heterocycles. The van der Waals surface area contributed by atoms with Crippen molar-refractivity contribution >= 4 is 33.2 Å². The van der Waals surface area contributed by atoms with Crippen LogP contribution in [0.5, 0.6) is 0 Å².